The third-order valence-electron chi connectivity index (χ3n) is 13.1. The van der Waals surface area contributed by atoms with E-state index in [9.17, 15) is 14.7 Å². The van der Waals surface area contributed by atoms with Crippen LogP contribution in [0.15, 0.2) is 109 Å². The molecule has 0 saturated heterocycles. The van der Waals surface area contributed by atoms with Gasteiger partial charge in [0.25, 0.3) is 0 Å². The molecule has 0 spiro atoms. The van der Waals surface area contributed by atoms with Crippen molar-refractivity contribution in [3.8, 4) is 0 Å². The molecule has 1 N–H and O–H groups in total. The molecular formula is C67H114O5. The number of carbonyl (C=O) groups excluding carboxylic acids is 2. The van der Waals surface area contributed by atoms with Crippen LogP contribution in [0.4, 0.5) is 0 Å². The van der Waals surface area contributed by atoms with E-state index in [0.29, 0.717) is 12.8 Å². The van der Waals surface area contributed by atoms with Crippen molar-refractivity contribution >= 4 is 11.9 Å². The molecule has 0 rings (SSSR count). The molecule has 0 radical (unpaired) electrons. The lowest BCUT2D eigenvalue weighted by molar-refractivity contribution is -0.161. The lowest BCUT2D eigenvalue weighted by Gasteiger charge is -2.15. The molecule has 0 aromatic heterocycles. The maximum atomic E-state index is 12.3. The van der Waals surface area contributed by atoms with Crippen molar-refractivity contribution in [3.63, 3.8) is 0 Å². The molecule has 0 saturated carbocycles. The van der Waals surface area contributed by atoms with Crippen molar-refractivity contribution in [2.24, 2.45) is 0 Å². The van der Waals surface area contributed by atoms with Gasteiger partial charge in [-0.05, 0) is 103 Å². The topological polar surface area (TPSA) is 72.8 Å². The van der Waals surface area contributed by atoms with E-state index in [2.05, 4.69) is 123 Å². The summed E-state index contributed by atoms with van der Waals surface area (Å²) in [7, 11) is 0. The minimum absolute atomic E-state index is 0.0719. The summed E-state index contributed by atoms with van der Waals surface area (Å²) in [6, 6.07) is 0. The fourth-order valence-corrected chi connectivity index (χ4v) is 8.51. The molecule has 0 amide bonds. The smallest absolute Gasteiger partial charge is 0.306 e. The highest BCUT2D eigenvalue weighted by molar-refractivity contribution is 5.70. The average molecular weight is 1000 g/mol. The second-order valence-electron chi connectivity index (χ2n) is 20.0. The van der Waals surface area contributed by atoms with Crippen LogP contribution in [0, 0.1) is 0 Å². The predicted octanol–water partition coefficient (Wildman–Crippen LogP) is 20.9. The number of ether oxygens (including phenoxy) is 2. The molecule has 0 fully saturated rings. The zero-order valence-electron chi connectivity index (χ0n) is 47.2. The summed E-state index contributed by atoms with van der Waals surface area (Å²) in [6.45, 7) is 4.03. The van der Waals surface area contributed by atoms with Gasteiger partial charge in [0.2, 0.25) is 0 Å². The molecule has 0 aliphatic heterocycles. The fourth-order valence-electron chi connectivity index (χ4n) is 8.51. The van der Waals surface area contributed by atoms with Crippen molar-refractivity contribution in [3.05, 3.63) is 109 Å². The van der Waals surface area contributed by atoms with Gasteiger partial charge in [0, 0.05) is 12.8 Å². The van der Waals surface area contributed by atoms with E-state index in [4.69, 9.17) is 9.47 Å². The van der Waals surface area contributed by atoms with E-state index in [1.54, 1.807) is 0 Å². The summed E-state index contributed by atoms with van der Waals surface area (Å²) in [6.07, 6.45) is 89.2. The Morgan fingerprint density at radius 3 is 0.903 bits per heavy atom. The van der Waals surface area contributed by atoms with E-state index in [1.165, 1.54) is 167 Å². The van der Waals surface area contributed by atoms with Gasteiger partial charge in [-0.15, -0.1) is 0 Å². The summed E-state index contributed by atoms with van der Waals surface area (Å²) in [4.78, 5) is 24.6. The van der Waals surface area contributed by atoms with Crippen LogP contribution >= 0.6 is 0 Å². The molecule has 412 valence electrons. The third-order valence-corrected chi connectivity index (χ3v) is 13.1. The van der Waals surface area contributed by atoms with E-state index in [0.717, 1.165) is 89.9 Å². The van der Waals surface area contributed by atoms with E-state index >= 15 is 0 Å². The van der Waals surface area contributed by atoms with Crippen molar-refractivity contribution < 1.29 is 24.2 Å². The Hall–Kier alpha value is -3.44. The second kappa shape index (κ2) is 61.9. The molecule has 0 bridgehead atoms. The highest BCUT2D eigenvalue weighted by Crippen LogP contribution is 2.16. The van der Waals surface area contributed by atoms with E-state index < -0.39 is 6.10 Å². The monoisotopic (exact) mass is 999 g/mol. The van der Waals surface area contributed by atoms with Gasteiger partial charge >= 0.3 is 11.9 Å². The number of rotatable bonds is 55. The SMILES string of the molecule is CC/C=C\C/C=C\C/C=C\C/C=C\C/C=C\C/C=C\CCCCCCCCCCCCC(=O)OC(CO)COC(=O)CCCCCCCCCCCCCCCC/C=C\C/C=C\C/C=C\CCCCCCC. The Balaban J connectivity index is 3.52. The van der Waals surface area contributed by atoms with Gasteiger partial charge < -0.3 is 14.6 Å². The van der Waals surface area contributed by atoms with Crippen molar-refractivity contribution in [2.45, 2.75) is 290 Å². The normalized spacial score (nSPS) is 13.0. The summed E-state index contributed by atoms with van der Waals surface area (Å²) < 4.78 is 10.7. The first-order valence-corrected chi connectivity index (χ1v) is 30.4. The van der Waals surface area contributed by atoms with Gasteiger partial charge in [0.15, 0.2) is 6.10 Å². The van der Waals surface area contributed by atoms with Crippen LogP contribution in [-0.4, -0.2) is 36.4 Å². The number of aliphatic hydroxyl groups excluding tert-OH is 1. The summed E-state index contributed by atoms with van der Waals surface area (Å²) in [5.41, 5.74) is 0. The van der Waals surface area contributed by atoms with E-state index in [-0.39, 0.29) is 25.2 Å². The number of unbranched alkanes of at least 4 members (excludes halogenated alkanes) is 29. The Kier molecular flexibility index (Phi) is 58.9. The molecule has 5 nitrogen and oxygen atoms in total. The molecule has 0 heterocycles. The molecule has 0 aliphatic carbocycles. The number of hydrogen-bond acceptors (Lipinski definition) is 5. The largest absolute Gasteiger partial charge is 0.462 e. The van der Waals surface area contributed by atoms with Gasteiger partial charge in [-0.3, -0.25) is 9.59 Å². The number of hydrogen-bond donors (Lipinski definition) is 1. The van der Waals surface area contributed by atoms with Crippen LogP contribution in [0.1, 0.15) is 284 Å². The predicted molar refractivity (Wildman–Crippen MR) is 315 cm³/mol. The van der Waals surface area contributed by atoms with Crippen molar-refractivity contribution in [2.75, 3.05) is 13.2 Å². The number of aliphatic hydroxyl groups is 1. The average Bonchev–Trinajstić information content (AvgIpc) is 3.38. The zero-order valence-corrected chi connectivity index (χ0v) is 47.2. The van der Waals surface area contributed by atoms with Gasteiger partial charge in [-0.1, -0.05) is 277 Å². The molecule has 0 aromatic rings. The second-order valence-corrected chi connectivity index (χ2v) is 20.0. The first kappa shape index (κ1) is 68.6. The number of carbonyl (C=O) groups is 2. The van der Waals surface area contributed by atoms with Crippen LogP contribution in [0.5, 0.6) is 0 Å². The first-order valence-electron chi connectivity index (χ1n) is 30.4. The van der Waals surface area contributed by atoms with Gasteiger partial charge in [-0.2, -0.15) is 0 Å². The summed E-state index contributed by atoms with van der Waals surface area (Å²) in [5, 5.41) is 9.67. The van der Waals surface area contributed by atoms with Crippen molar-refractivity contribution in [1.82, 2.24) is 0 Å². The lowest BCUT2D eigenvalue weighted by atomic mass is 10.0. The Morgan fingerprint density at radius 2 is 0.597 bits per heavy atom. The molecule has 0 aromatic carbocycles. The van der Waals surface area contributed by atoms with Gasteiger partial charge in [0.1, 0.15) is 6.61 Å². The van der Waals surface area contributed by atoms with Crippen LogP contribution in [0.25, 0.3) is 0 Å². The number of allylic oxidation sites excluding steroid dienone is 18. The third kappa shape index (κ3) is 59.1. The maximum Gasteiger partial charge on any atom is 0.306 e. The van der Waals surface area contributed by atoms with Crippen LogP contribution < -0.4 is 0 Å². The Bertz CT molecular complexity index is 1410. The summed E-state index contributed by atoms with van der Waals surface area (Å²) >= 11 is 0. The minimum Gasteiger partial charge on any atom is -0.462 e. The Labute approximate surface area is 446 Å². The lowest BCUT2D eigenvalue weighted by Crippen LogP contribution is -2.28. The fraction of sp³-hybridized carbons (Fsp3) is 0.701. The molecule has 0 aliphatic rings. The Morgan fingerprint density at radius 1 is 0.333 bits per heavy atom. The van der Waals surface area contributed by atoms with E-state index in [1.807, 2.05) is 0 Å². The first-order chi connectivity index (χ1) is 35.6. The molecular weight excluding hydrogens is 885 g/mol. The van der Waals surface area contributed by atoms with Crippen molar-refractivity contribution in [1.29, 1.82) is 0 Å². The minimum atomic E-state index is -0.782. The molecule has 72 heavy (non-hydrogen) atoms. The highest BCUT2D eigenvalue weighted by atomic mass is 16.6. The van der Waals surface area contributed by atoms with Crippen LogP contribution in [0.2, 0.25) is 0 Å². The van der Waals surface area contributed by atoms with Gasteiger partial charge in [-0.25, -0.2) is 0 Å². The highest BCUT2D eigenvalue weighted by Gasteiger charge is 2.16. The zero-order chi connectivity index (χ0) is 52.0. The van der Waals surface area contributed by atoms with Gasteiger partial charge in [0.05, 0.1) is 6.61 Å². The molecule has 1 atom stereocenters. The van der Waals surface area contributed by atoms with Crippen LogP contribution in [-0.2, 0) is 19.1 Å². The molecule has 5 heteroatoms. The summed E-state index contributed by atoms with van der Waals surface area (Å²) in [5.74, 6) is -0.594. The van der Waals surface area contributed by atoms with Crippen LogP contribution in [0.3, 0.4) is 0 Å². The molecule has 1 unspecified atom stereocenters. The maximum absolute atomic E-state index is 12.3. The standard InChI is InChI=1S/C67H114O5/c1-3-5-7-9-11-13-15-17-19-21-23-25-27-29-31-33-35-37-39-41-43-45-47-49-51-53-55-57-59-61-66(69)71-64-65(63-68)72-67(70)62-60-58-56-54-52-50-48-46-44-42-40-38-36-34-32-30-28-26-24-22-20-18-16-14-12-10-8-6-4-2/h6,8,12,14-15,17-18,20-21,23-24,26-27,29-30,32,36,38,65,68H,3-5,7,9-11,13,16,19,22,25,28,31,33-35,37,39-64H2,1-2H3/b8-6-,14-12-,17-15-,20-18-,23-21-,26-24-,29-27-,32-30-,38-36-. The number of esters is 2. The quantitative estimate of drug-likeness (QED) is 0.0373.